The van der Waals surface area contributed by atoms with Gasteiger partial charge in [0, 0.05) is 19.5 Å². The number of rotatable bonds is 9. The zero-order valence-electron chi connectivity index (χ0n) is 18.3. The van der Waals surface area contributed by atoms with Crippen LogP contribution >= 0.6 is 11.8 Å². The molecule has 1 N–H and O–H groups in total. The quantitative estimate of drug-likeness (QED) is 0.444. The maximum Gasteiger partial charge on any atom is 0.416 e. The first-order valence-electron chi connectivity index (χ1n) is 10.6. The summed E-state index contributed by atoms with van der Waals surface area (Å²) in [5.41, 5.74) is -0.538. The zero-order chi connectivity index (χ0) is 24.1. The molecule has 1 saturated heterocycles. The highest BCUT2D eigenvalue weighted by Crippen LogP contribution is 2.32. The normalized spacial score (nSPS) is 16.2. The fourth-order valence-corrected chi connectivity index (χ4v) is 4.53. The number of nitrogens with zero attached hydrogens (tertiary/aromatic N) is 3. The minimum atomic E-state index is -4.50. The minimum Gasteiger partial charge on any atom is -0.453 e. The van der Waals surface area contributed by atoms with Crippen molar-refractivity contribution in [3.63, 3.8) is 0 Å². The lowest BCUT2D eigenvalue weighted by Crippen LogP contribution is -2.24. The SMILES string of the molecule is COCc1ccc(C(=O)NCc2nnc(SC[C@@H]3CCCO3)n2-c2cccc(C(F)(F)F)c2)o1. The van der Waals surface area contributed by atoms with Crippen molar-refractivity contribution in [1.29, 1.82) is 0 Å². The van der Waals surface area contributed by atoms with E-state index in [0.717, 1.165) is 25.0 Å². The number of thioether (sulfide) groups is 1. The third-order valence-electron chi connectivity index (χ3n) is 5.13. The van der Waals surface area contributed by atoms with Gasteiger partial charge in [-0.3, -0.25) is 9.36 Å². The number of methoxy groups -OCH3 is 1. The molecule has 3 heterocycles. The highest BCUT2D eigenvalue weighted by atomic mass is 32.2. The molecule has 3 aromatic rings. The minimum absolute atomic E-state index is 0.0556. The molecule has 1 fully saturated rings. The summed E-state index contributed by atoms with van der Waals surface area (Å²) in [6.07, 6.45) is -2.55. The molecule has 34 heavy (non-hydrogen) atoms. The number of alkyl halides is 3. The molecule has 2 aromatic heterocycles. The maximum absolute atomic E-state index is 13.3. The van der Waals surface area contributed by atoms with Gasteiger partial charge < -0.3 is 19.2 Å². The van der Waals surface area contributed by atoms with E-state index in [0.29, 0.717) is 23.3 Å². The van der Waals surface area contributed by atoms with Crippen molar-refractivity contribution >= 4 is 17.7 Å². The molecule has 0 aliphatic carbocycles. The van der Waals surface area contributed by atoms with Crippen molar-refractivity contribution in [2.24, 2.45) is 0 Å². The van der Waals surface area contributed by atoms with Crippen LogP contribution in [0, 0.1) is 0 Å². The topological polar surface area (TPSA) is 91.4 Å². The van der Waals surface area contributed by atoms with Gasteiger partial charge in [0.15, 0.2) is 16.7 Å². The summed E-state index contributed by atoms with van der Waals surface area (Å²) in [5, 5.41) is 11.4. The highest BCUT2D eigenvalue weighted by molar-refractivity contribution is 7.99. The van der Waals surface area contributed by atoms with Gasteiger partial charge in [-0.25, -0.2) is 0 Å². The summed E-state index contributed by atoms with van der Waals surface area (Å²) in [6, 6.07) is 8.06. The molecular formula is C22H23F3N4O4S. The van der Waals surface area contributed by atoms with Crippen LogP contribution in [0.1, 0.15) is 40.5 Å². The van der Waals surface area contributed by atoms with E-state index in [2.05, 4.69) is 15.5 Å². The highest BCUT2D eigenvalue weighted by Gasteiger charge is 2.31. The van der Waals surface area contributed by atoms with Crippen molar-refractivity contribution in [1.82, 2.24) is 20.1 Å². The lowest BCUT2D eigenvalue weighted by Gasteiger charge is -2.14. The fraction of sp³-hybridized carbons (Fsp3) is 0.409. The Kier molecular flexibility index (Phi) is 7.59. The summed E-state index contributed by atoms with van der Waals surface area (Å²) in [5.74, 6) is 0.969. The van der Waals surface area contributed by atoms with E-state index in [-0.39, 0.29) is 36.5 Å². The van der Waals surface area contributed by atoms with Gasteiger partial charge in [-0.15, -0.1) is 10.2 Å². The van der Waals surface area contributed by atoms with E-state index in [4.69, 9.17) is 13.9 Å². The third kappa shape index (κ3) is 5.80. The average Bonchev–Trinajstić information content (AvgIpc) is 3.57. The molecule has 1 atom stereocenters. The van der Waals surface area contributed by atoms with Crippen LogP contribution in [0.4, 0.5) is 13.2 Å². The van der Waals surface area contributed by atoms with Gasteiger partial charge in [0.25, 0.3) is 5.91 Å². The largest absolute Gasteiger partial charge is 0.453 e. The Morgan fingerprint density at radius 1 is 1.29 bits per heavy atom. The second-order valence-electron chi connectivity index (χ2n) is 7.61. The Bertz CT molecular complexity index is 1130. The van der Waals surface area contributed by atoms with Crippen molar-refractivity contribution in [3.8, 4) is 5.69 Å². The Labute approximate surface area is 197 Å². The smallest absolute Gasteiger partial charge is 0.416 e. The number of ether oxygens (including phenoxy) is 2. The number of halogens is 3. The van der Waals surface area contributed by atoms with Crippen LogP contribution in [0.2, 0.25) is 0 Å². The Balaban J connectivity index is 1.56. The lowest BCUT2D eigenvalue weighted by molar-refractivity contribution is -0.137. The number of aromatic nitrogens is 3. The van der Waals surface area contributed by atoms with Crippen LogP contribution in [0.5, 0.6) is 0 Å². The third-order valence-corrected chi connectivity index (χ3v) is 6.19. The lowest BCUT2D eigenvalue weighted by atomic mass is 10.2. The maximum atomic E-state index is 13.3. The molecule has 0 unspecified atom stereocenters. The Hall–Kier alpha value is -2.83. The fourth-order valence-electron chi connectivity index (χ4n) is 3.50. The van der Waals surface area contributed by atoms with Crippen molar-refractivity contribution < 1.29 is 31.9 Å². The number of furan rings is 1. The van der Waals surface area contributed by atoms with E-state index in [1.807, 2.05) is 0 Å². The number of hydrogen-bond donors (Lipinski definition) is 1. The Morgan fingerprint density at radius 3 is 2.88 bits per heavy atom. The summed E-state index contributed by atoms with van der Waals surface area (Å²) >= 11 is 1.35. The van der Waals surface area contributed by atoms with E-state index >= 15 is 0 Å². The molecule has 4 rings (SSSR count). The first kappa shape index (κ1) is 24.3. The van der Waals surface area contributed by atoms with Crippen LogP contribution in [-0.4, -0.2) is 46.2 Å². The molecule has 1 aliphatic heterocycles. The monoisotopic (exact) mass is 496 g/mol. The summed E-state index contributed by atoms with van der Waals surface area (Å²) < 4.78 is 57.5. The summed E-state index contributed by atoms with van der Waals surface area (Å²) in [7, 11) is 1.51. The molecule has 1 amide bonds. The predicted octanol–water partition coefficient (Wildman–Crippen LogP) is 4.23. The van der Waals surface area contributed by atoms with Crippen molar-refractivity contribution in [2.75, 3.05) is 19.5 Å². The average molecular weight is 497 g/mol. The van der Waals surface area contributed by atoms with Gasteiger partial charge in [-0.1, -0.05) is 17.8 Å². The molecule has 0 saturated carbocycles. The van der Waals surface area contributed by atoms with Gasteiger partial charge >= 0.3 is 6.18 Å². The molecule has 1 aromatic carbocycles. The van der Waals surface area contributed by atoms with E-state index in [1.165, 1.54) is 35.6 Å². The summed E-state index contributed by atoms with van der Waals surface area (Å²) in [6.45, 7) is 0.854. The Morgan fingerprint density at radius 2 is 2.15 bits per heavy atom. The first-order valence-corrected chi connectivity index (χ1v) is 11.6. The van der Waals surface area contributed by atoms with Crippen LogP contribution in [0.25, 0.3) is 5.69 Å². The summed E-state index contributed by atoms with van der Waals surface area (Å²) in [4.78, 5) is 12.5. The molecule has 0 spiro atoms. The zero-order valence-corrected chi connectivity index (χ0v) is 19.1. The molecule has 12 heteroatoms. The standard InChI is InChI=1S/C22H23F3N4O4S/c1-31-12-16-7-8-18(33-16)20(30)26-11-19-27-28-21(34-13-17-6-3-9-32-17)29(19)15-5-2-4-14(10-15)22(23,24)25/h2,4-5,7-8,10,17H,3,6,9,11-13H2,1H3,(H,26,30)/t17-/m0/s1. The van der Waals surface area contributed by atoms with Crippen LogP contribution in [0.3, 0.4) is 0 Å². The predicted molar refractivity (Wildman–Crippen MR) is 117 cm³/mol. The number of carbonyl (C=O) groups is 1. The molecular weight excluding hydrogens is 473 g/mol. The van der Waals surface area contributed by atoms with Gasteiger partial charge in [0.05, 0.1) is 23.9 Å². The molecule has 8 nitrogen and oxygen atoms in total. The van der Waals surface area contributed by atoms with Crippen LogP contribution in [0.15, 0.2) is 46.0 Å². The van der Waals surface area contributed by atoms with Gasteiger partial charge in [0.2, 0.25) is 0 Å². The number of hydrogen-bond acceptors (Lipinski definition) is 7. The number of nitrogens with one attached hydrogen (secondary N) is 1. The second-order valence-corrected chi connectivity index (χ2v) is 8.60. The van der Waals surface area contributed by atoms with Crippen LogP contribution in [-0.2, 0) is 28.8 Å². The number of amides is 1. The van der Waals surface area contributed by atoms with Crippen molar-refractivity contribution in [3.05, 3.63) is 59.3 Å². The van der Waals surface area contributed by atoms with Gasteiger partial charge in [-0.2, -0.15) is 13.2 Å². The molecule has 1 aliphatic rings. The molecule has 182 valence electrons. The first-order chi connectivity index (χ1) is 16.3. The van der Waals surface area contributed by atoms with Crippen LogP contribution < -0.4 is 5.32 Å². The van der Waals surface area contributed by atoms with Gasteiger partial charge in [0.1, 0.15) is 12.4 Å². The van der Waals surface area contributed by atoms with Gasteiger partial charge in [-0.05, 0) is 43.2 Å². The second kappa shape index (κ2) is 10.6. The van der Waals surface area contributed by atoms with Crippen molar-refractivity contribution in [2.45, 2.75) is 43.4 Å². The van der Waals surface area contributed by atoms with E-state index in [1.54, 1.807) is 12.1 Å². The number of benzene rings is 1. The molecule has 0 bridgehead atoms. The van der Waals surface area contributed by atoms with E-state index < -0.39 is 17.6 Å². The van der Waals surface area contributed by atoms with E-state index in [9.17, 15) is 18.0 Å². The molecule has 0 radical (unpaired) electrons. The number of carbonyl (C=O) groups excluding carboxylic acids is 1.